The first-order valence-corrected chi connectivity index (χ1v) is 9.15. The Morgan fingerprint density at radius 2 is 2.37 bits per heavy atom. The van der Waals surface area contributed by atoms with E-state index >= 15 is 0 Å². The average molecular weight is 367 g/mol. The highest BCUT2D eigenvalue weighted by Gasteiger charge is 2.23. The highest BCUT2D eigenvalue weighted by atomic mass is 79.9. The summed E-state index contributed by atoms with van der Waals surface area (Å²) in [5.41, 5.74) is 2.30. The molecule has 0 spiro atoms. The minimum atomic E-state index is -3.61. The van der Waals surface area contributed by atoms with Gasteiger partial charge in [0.15, 0.2) is 5.82 Å². The summed E-state index contributed by atoms with van der Waals surface area (Å²) in [4.78, 5) is 3.99. The molecular weight excluding hydrogens is 352 g/mol. The van der Waals surface area contributed by atoms with Crippen LogP contribution in [0.5, 0.6) is 0 Å². The van der Waals surface area contributed by atoms with Gasteiger partial charge in [-0.2, -0.15) is 11.8 Å². The fourth-order valence-corrected chi connectivity index (χ4v) is 4.81. The van der Waals surface area contributed by atoms with Crippen molar-refractivity contribution in [2.24, 2.45) is 11.8 Å². The van der Waals surface area contributed by atoms with Crippen LogP contribution < -0.4 is 16.0 Å². The first-order chi connectivity index (χ1) is 9.03. The van der Waals surface area contributed by atoms with Gasteiger partial charge in [-0.25, -0.2) is 24.0 Å². The number of nitrogens with two attached hydrogens (primary N) is 1. The third-order valence-corrected chi connectivity index (χ3v) is 5.93. The van der Waals surface area contributed by atoms with Crippen LogP contribution in [0, 0.1) is 5.92 Å². The van der Waals surface area contributed by atoms with Crippen LogP contribution in [-0.4, -0.2) is 31.5 Å². The molecule has 0 aliphatic carbocycles. The minimum absolute atomic E-state index is 0.0509. The van der Waals surface area contributed by atoms with Crippen molar-refractivity contribution in [1.29, 1.82) is 0 Å². The van der Waals surface area contributed by atoms with Crippen LogP contribution in [-0.2, 0) is 10.0 Å². The van der Waals surface area contributed by atoms with Gasteiger partial charge in [0.2, 0.25) is 10.0 Å². The highest BCUT2D eigenvalue weighted by molar-refractivity contribution is 9.10. The van der Waals surface area contributed by atoms with E-state index in [9.17, 15) is 8.42 Å². The molecule has 2 heterocycles. The number of hydrogen-bond acceptors (Lipinski definition) is 6. The van der Waals surface area contributed by atoms with E-state index in [1.165, 1.54) is 12.3 Å². The summed E-state index contributed by atoms with van der Waals surface area (Å²) in [6.45, 7) is 0.450. The normalized spacial score (nSPS) is 19.6. The lowest BCUT2D eigenvalue weighted by Gasteiger charge is -2.13. The maximum Gasteiger partial charge on any atom is 0.244 e. The van der Waals surface area contributed by atoms with E-state index in [1.807, 2.05) is 11.8 Å². The first-order valence-electron chi connectivity index (χ1n) is 5.72. The van der Waals surface area contributed by atoms with Crippen LogP contribution in [0.3, 0.4) is 0 Å². The second-order valence-corrected chi connectivity index (χ2v) is 8.03. The van der Waals surface area contributed by atoms with Crippen molar-refractivity contribution in [2.45, 2.75) is 11.3 Å². The van der Waals surface area contributed by atoms with Gasteiger partial charge in [0, 0.05) is 17.2 Å². The maximum atomic E-state index is 12.2. The van der Waals surface area contributed by atoms with Crippen LogP contribution in [0.25, 0.3) is 0 Å². The fraction of sp³-hybridized carbons (Fsp3) is 0.500. The average Bonchev–Trinajstić information content (AvgIpc) is 2.89. The summed E-state index contributed by atoms with van der Waals surface area (Å²) in [5, 5.41) is 0. The summed E-state index contributed by atoms with van der Waals surface area (Å²) in [6, 6.07) is 1.48. The Bertz CT molecular complexity index is 546. The Hall–Kier alpha value is -0.350. The third-order valence-electron chi connectivity index (χ3n) is 2.83. The topological polar surface area (TPSA) is 97.1 Å². The van der Waals surface area contributed by atoms with Crippen LogP contribution in [0.1, 0.15) is 6.42 Å². The van der Waals surface area contributed by atoms with E-state index in [1.54, 1.807) is 0 Å². The van der Waals surface area contributed by atoms with Crippen molar-refractivity contribution in [3.8, 4) is 0 Å². The molecule has 9 heteroatoms. The summed E-state index contributed by atoms with van der Waals surface area (Å²) in [6.07, 6.45) is 2.54. The quantitative estimate of drug-likeness (QED) is 0.534. The fourth-order valence-electron chi connectivity index (χ4n) is 1.78. The first kappa shape index (κ1) is 15.0. The van der Waals surface area contributed by atoms with Crippen molar-refractivity contribution in [1.82, 2.24) is 9.71 Å². The Morgan fingerprint density at radius 1 is 1.58 bits per heavy atom. The van der Waals surface area contributed by atoms with Gasteiger partial charge in [-0.3, -0.25) is 0 Å². The van der Waals surface area contributed by atoms with Gasteiger partial charge in [-0.05, 0) is 45.8 Å². The lowest BCUT2D eigenvalue weighted by Crippen LogP contribution is -2.30. The van der Waals surface area contributed by atoms with Crippen molar-refractivity contribution < 1.29 is 8.42 Å². The molecule has 1 saturated heterocycles. The van der Waals surface area contributed by atoms with Gasteiger partial charge in [0.25, 0.3) is 0 Å². The standard InChI is InChI=1S/C10H15BrN4O2S2/c11-8-3-9(10(15-12)13-5-8)19(16,17)14-4-7-1-2-18-6-7/h3,5,7,14H,1-2,4,6,12H2,(H,13,15). The SMILES string of the molecule is NNc1ncc(Br)cc1S(=O)(=O)NCC1CCSC1. The van der Waals surface area contributed by atoms with E-state index in [2.05, 4.69) is 31.1 Å². The zero-order valence-corrected chi connectivity index (χ0v) is 13.3. The lowest BCUT2D eigenvalue weighted by atomic mass is 10.1. The van der Waals surface area contributed by atoms with E-state index in [0.29, 0.717) is 16.9 Å². The molecule has 1 aliphatic rings. The minimum Gasteiger partial charge on any atom is -0.307 e. The monoisotopic (exact) mass is 366 g/mol. The predicted octanol–water partition coefficient (Wildman–Crippen LogP) is 1.16. The molecule has 2 rings (SSSR count). The maximum absolute atomic E-state index is 12.2. The number of nitrogen functional groups attached to an aromatic ring is 1. The molecule has 0 amide bonds. The predicted molar refractivity (Wildman–Crippen MR) is 80.4 cm³/mol. The molecular formula is C10H15BrN4O2S2. The summed E-state index contributed by atoms with van der Waals surface area (Å²) in [5.74, 6) is 7.92. The molecule has 0 bridgehead atoms. The Kier molecular flexibility index (Phi) is 5.07. The van der Waals surface area contributed by atoms with Crippen LogP contribution in [0.4, 0.5) is 5.82 Å². The number of nitrogens with zero attached hydrogens (tertiary/aromatic N) is 1. The summed E-state index contributed by atoms with van der Waals surface area (Å²) >= 11 is 5.06. The molecule has 1 aromatic rings. The van der Waals surface area contributed by atoms with Gasteiger partial charge in [0.05, 0.1) is 0 Å². The van der Waals surface area contributed by atoms with Gasteiger partial charge in [-0.1, -0.05) is 0 Å². The smallest absolute Gasteiger partial charge is 0.244 e. The molecule has 1 atom stereocenters. The van der Waals surface area contributed by atoms with Gasteiger partial charge >= 0.3 is 0 Å². The lowest BCUT2D eigenvalue weighted by molar-refractivity contribution is 0.545. The molecule has 1 aromatic heterocycles. The van der Waals surface area contributed by atoms with Crippen molar-refractivity contribution >= 4 is 43.5 Å². The number of halogens is 1. The molecule has 0 saturated carbocycles. The van der Waals surface area contributed by atoms with E-state index in [0.717, 1.165) is 17.9 Å². The molecule has 1 fully saturated rings. The number of rotatable bonds is 5. The Morgan fingerprint density at radius 3 is 3.00 bits per heavy atom. The van der Waals surface area contributed by atoms with Crippen molar-refractivity contribution in [2.75, 3.05) is 23.5 Å². The van der Waals surface area contributed by atoms with Crippen LogP contribution >= 0.6 is 27.7 Å². The molecule has 0 aromatic carbocycles. The second-order valence-electron chi connectivity index (χ2n) is 4.23. The van der Waals surface area contributed by atoms with E-state index in [4.69, 9.17) is 5.84 Å². The zero-order chi connectivity index (χ0) is 13.9. The number of sulfonamides is 1. The summed E-state index contributed by atoms with van der Waals surface area (Å²) in [7, 11) is -3.61. The molecule has 1 unspecified atom stereocenters. The van der Waals surface area contributed by atoms with Crippen molar-refractivity contribution in [3.63, 3.8) is 0 Å². The second kappa shape index (κ2) is 6.40. The number of hydrazine groups is 1. The molecule has 19 heavy (non-hydrogen) atoms. The third kappa shape index (κ3) is 3.82. The Labute approximate surface area is 125 Å². The number of anilines is 1. The number of aromatic nitrogens is 1. The number of hydrogen-bond donors (Lipinski definition) is 3. The van der Waals surface area contributed by atoms with Crippen LogP contribution in [0.15, 0.2) is 21.6 Å². The van der Waals surface area contributed by atoms with Crippen molar-refractivity contribution in [3.05, 3.63) is 16.7 Å². The van der Waals surface area contributed by atoms with Gasteiger partial charge < -0.3 is 5.43 Å². The highest BCUT2D eigenvalue weighted by Crippen LogP contribution is 2.25. The molecule has 106 valence electrons. The number of pyridine rings is 1. The molecule has 1 aliphatic heterocycles. The molecule has 6 nitrogen and oxygen atoms in total. The number of thioether (sulfide) groups is 1. The van der Waals surface area contributed by atoms with Gasteiger partial charge in [-0.15, -0.1) is 0 Å². The van der Waals surface area contributed by atoms with Crippen LogP contribution in [0.2, 0.25) is 0 Å². The van der Waals surface area contributed by atoms with E-state index < -0.39 is 10.0 Å². The van der Waals surface area contributed by atoms with Gasteiger partial charge in [0.1, 0.15) is 4.90 Å². The Balaban J connectivity index is 2.16. The van der Waals surface area contributed by atoms with E-state index in [-0.39, 0.29) is 10.7 Å². The number of nitrogens with one attached hydrogen (secondary N) is 2. The molecule has 4 N–H and O–H groups in total. The largest absolute Gasteiger partial charge is 0.307 e. The zero-order valence-electron chi connectivity index (χ0n) is 10.1. The summed E-state index contributed by atoms with van der Waals surface area (Å²) < 4.78 is 27.7. The molecule has 0 radical (unpaired) electrons.